The molecule has 2 heterocycles. The van der Waals surface area contributed by atoms with Crippen LogP contribution in [-0.2, 0) is 9.53 Å². The maximum absolute atomic E-state index is 12.1. The second-order valence-corrected chi connectivity index (χ2v) is 9.68. The van der Waals surface area contributed by atoms with Crippen molar-refractivity contribution in [1.29, 1.82) is 0 Å². The van der Waals surface area contributed by atoms with E-state index in [1.807, 2.05) is 12.5 Å². The molecule has 1 aromatic carbocycles. The van der Waals surface area contributed by atoms with Crippen molar-refractivity contribution < 1.29 is 9.53 Å². The van der Waals surface area contributed by atoms with Gasteiger partial charge in [-0.1, -0.05) is 41.8 Å². The molecule has 2 fully saturated rings. The molecule has 0 unspecified atom stereocenters. The number of primary amides is 1. The van der Waals surface area contributed by atoms with Crippen LogP contribution >= 0.6 is 23.7 Å². The van der Waals surface area contributed by atoms with Gasteiger partial charge in [-0.15, -0.1) is 11.8 Å². The maximum Gasteiger partial charge on any atom is 0.235 e. The molecule has 29 heavy (non-hydrogen) atoms. The number of thioether (sulfide) groups is 1. The summed E-state index contributed by atoms with van der Waals surface area (Å²) in [5.41, 5.74) is 8.17. The number of nitrogens with two attached hydrogens (primary N) is 1. The molecule has 0 aromatic heterocycles. The Kier molecular flexibility index (Phi) is 8.06. The zero-order chi connectivity index (χ0) is 20.7. The first-order valence-electron chi connectivity index (χ1n) is 9.93. The topological polar surface area (TPSA) is 71.2 Å². The van der Waals surface area contributed by atoms with Gasteiger partial charge >= 0.3 is 0 Å². The maximum atomic E-state index is 12.1. The molecule has 1 amide bonds. The molecule has 0 saturated carbocycles. The molecule has 0 aliphatic carbocycles. The van der Waals surface area contributed by atoms with Crippen LogP contribution in [0.3, 0.4) is 0 Å². The molecule has 158 valence electrons. The van der Waals surface area contributed by atoms with Gasteiger partial charge in [-0.3, -0.25) is 4.79 Å². The molecule has 0 spiro atoms. The molecule has 2 aliphatic rings. The Morgan fingerprint density at radius 3 is 2.41 bits per heavy atom. The van der Waals surface area contributed by atoms with Crippen molar-refractivity contribution in [2.45, 2.75) is 24.5 Å². The Morgan fingerprint density at radius 2 is 1.83 bits per heavy atom. The normalized spacial score (nSPS) is 20.9. The minimum Gasteiger partial charge on any atom is -0.381 e. The van der Waals surface area contributed by atoms with Gasteiger partial charge in [-0.25, -0.2) is 9.30 Å². The average Bonchev–Trinajstić information content (AvgIpc) is 2.74. The third-order valence-electron chi connectivity index (χ3n) is 5.30. The van der Waals surface area contributed by atoms with Crippen LogP contribution < -0.4 is 5.73 Å². The lowest BCUT2D eigenvalue weighted by Crippen LogP contribution is -2.50. The molecule has 0 radical (unpaired) electrons. The standard InChI is InChI=1S/C21H30N4O2S2/c1-17-3-5-18(6-4-17)19(28-2)15-23-16-24-9-11-25(12-10-24)29-21(20(22)26)7-13-27-14-8-21/h3-6,15-16H,7-14H2,1-2H3,(H2,22,26)/b19-15-,23-16?. The molecule has 2 saturated heterocycles. The van der Waals surface area contributed by atoms with Crippen LogP contribution in [0.5, 0.6) is 0 Å². The summed E-state index contributed by atoms with van der Waals surface area (Å²) in [6.45, 7) is 6.83. The molecular formula is C21H30N4O2S2. The molecule has 0 atom stereocenters. The minimum atomic E-state index is -0.515. The van der Waals surface area contributed by atoms with Crippen LogP contribution in [0.4, 0.5) is 0 Å². The lowest BCUT2D eigenvalue weighted by atomic mass is 9.98. The molecular weight excluding hydrogens is 404 g/mol. The number of carbonyl (C=O) groups excluding carboxylic acids is 1. The van der Waals surface area contributed by atoms with E-state index in [-0.39, 0.29) is 5.91 Å². The Bertz CT molecular complexity index is 738. The van der Waals surface area contributed by atoms with Gasteiger partial charge in [0.2, 0.25) is 5.91 Å². The molecule has 1 aromatic rings. The van der Waals surface area contributed by atoms with Crippen molar-refractivity contribution >= 4 is 40.9 Å². The van der Waals surface area contributed by atoms with Crippen LogP contribution in [0.2, 0.25) is 0 Å². The summed E-state index contributed by atoms with van der Waals surface area (Å²) in [4.78, 5) is 20.0. The summed E-state index contributed by atoms with van der Waals surface area (Å²) >= 11 is 3.32. The molecule has 2 aliphatic heterocycles. The van der Waals surface area contributed by atoms with Gasteiger partial charge in [-0.2, -0.15) is 0 Å². The fraction of sp³-hybridized carbons (Fsp3) is 0.524. The van der Waals surface area contributed by atoms with Crippen molar-refractivity contribution in [3.05, 3.63) is 41.6 Å². The molecule has 6 nitrogen and oxygen atoms in total. The van der Waals surface area contributed by atoms with Gasteiger partial charge in [0.05, 0.1) is 6.34 Å². The summed E-state index contributed by atoms with van der Waals surface area (Å²) in [6, 6.07) is 8.51. The highest BCUT2D eigenvalue weighted by Gasteiger charge is 2.41. The monoisotopic (exact) mass is 434 g/mol. The number of hydrogen-bond acceptors (Lipinski definition) is 6. The highest BCUT2D eigenvalue weighted by atomic mass is 32.2. The number of piperazine rings is 1. The van der Waals surface area contributed by atoms with E-state index in [1.54, 1.807) is 23.7 Å². The zero-order valence-electron chi connectivity index (χ0n) is 17.2. The number of amides is 1. The number of aliphatic imine (C=N–C) groups is 1. The van der Waals surface area contributed by atoms with Crippen LogP contribution in [0.25, 0.3) is 4.91 Å². The number of nitrogens with zero attached hydrogens (tertiary/aromatic N) is 3. The van der Waals surface area contributed by atoms with Gasteiger partial charge in [0.25, 0.3) is 0 Å². The molecule has 0 bridgehead atoms. The van der Waals surface area contributed by atoms with Crippen LogP contribution in [0.15, 0.2) is 35.5 Å². The largest absolute Gasteiger partial charge is 0.381 e. The quantitative estimate of drug-likeness (QED) is 0.404. The van der Waals surface area contributed by atoms with Gasteiger partial charge < -0.3 is 15.4 Å². The summed E-state index contributed by atoms with van der Waals surface area (Å²) in [5.74, 6) is -0.222. The average molecular weight is 435 g/mol. The SMILES string of the molecule is CS/C(=C\N=CN1CCN(SC2(C(N)=O)CCOCC2)CC1)c1ccc(C)cc1. The van der Waals surface area contributed by atoms with E-state index < -0.39 is 4.75 Å². The van der Waals surface area contributed by atoms with Gasteiger partial charge in [0.1, 0.15) is 4.75 Å². The fourth-order valence-corrected chi connectivity index (χ4v) is 5.22. The number of rotatable bonds is 7. The van der Waals surface area contributed by atoms with Crippen molar-refractivity contribution in [3.8, 4) is 0 Å². The van der Waals surface area contributed by atoms with Crippen LogP contribution in [-0.4, -0.2) is 71.8 Å². The Morgan fingerprint density at radius 1 is 1.17 bits per heavy atom. The van der Waals surface area contributed by atoms with Gasteiger partial charge in [0.15, 0.2) is 0 Å². The van der Waals surface area contributed by atoms with Gasteiger partial charge in [-0.05, 0) is 31.6 Å². The summed E-state index contributed by atoms with van der Waals surface area (Å²) in [7, 11) is 0. The van der Waals surface area contributed by atoms with E-state index in [9.17, 15) is 4.79 Å². The lowest BCUT2D eigenvalue weighted by Gasteiger charge is -2.40. The van der Waals surface area contributed by atoms with Crippen molar-refractivity contribution in [2.75, 3.05) is 45.6 Å². The zero-order valence-corrected chi connectivity index (χ0v) is 18.8. The number of aryl methyl sites for hydroxylation is 1. The summed E-state index contributed by atoms with van der Waals surface area (Å²) < 4.78 is 7.18. The highest BCUT2D eigenvalue weighted by molar-refractivity contribution is 8.07. The Balaban J connectivity index is 1.52. The van der Waals surface area contributed by atoms with Crippen LogP contribution in [0.1, 0.15) is 24.0 Å². The first-order chi connectivity index (χ1) is 14.0. The smallest absolute Gasteiger partial charge is 0.235 e. The van der Waals surface area contributed by atoms with E-state index in [0.29, 0.717) is 26.1 Å². The predicted molar refractivity (Wildman–Crippen MR) is 124 cm³/mol. The van der Waals surface area contributed by atoms with E-state index in [0.717, 1.165) is 31.1 Å². The summed E-state index contributed by atoms with van der Waals surface area (Å²) in [6.07, 6.45) is 7.30. The third kappa shape index (κ3) is 6.01. The summed E-state index contributed by atoms with van der Waals surface area (Å²) in [5, 5.41) is 0. The van der Waals surface area contributed by atoms with Crippen molar-refractivity contribution in [2.24, 2.45) is 10.7 Å². The van der Waals surface area contributed by atoms with E-state index in [2.05, 4.69) is 51.6 Å². The predicted octanol–water partition coefficient (Wildman–Crippen LogP) is 2.99. The Hall–Kier alpha value is -1.48. The first-order valence-corrected chi connectivity index (χ1v) is 11.9. The molecule has 2 N–H and O–H groups in total. The van der Waals surface area contributed by atoms with E-state index >= 15 is 0 Å². The lowest BCUT2D eigenvalue weighted by molar-refractivity contribution is -0.122. The number of ether oxygens (including phenoxy) is 1. The number of carbonyl (C=O) groups is 1. The van der Waals surface area contributed by atoms with E-state index in [1.165, 1.54) is 11.1 Å². The second-order valence-electron chi connectivity index (χ2n) is 7.36. The number of hydrogen-bond donors (Lipinski definition) is 1. The minimum absolute atomic E-state index is 0.222. The van der Waals surface area contributed by atoms with E-state index in [4.69, 9.17) is 10.5 Å². The van der Waals surface area contributed by atoms with Crippen LogP contribution in [0, 0.1) is 6.92 Å². The number of benzene rings is 1. The third-order valence-corrected chi connectivity index (χ3v) is 7.67. The Labute approximate surface area is 182 Å². The molecule has 8 heteroatoms. The molecule has 3 rings (SSSR count). The highest BCUT2D eigenvalue weighted by Crippen LogP contribution is 2.38. The second kappa shape index (κ2) is 10.5. The fourth-order valence-electron chi connectivity index (χ4n) is 3.40. The van der Waals surface area contributed by atoms with Crippen molar-refractivity contribution in [1.82, 2.24) is 9.21 Å². The van der Waals surface area contributed by atoms with Crippen molar-refractivity contribution in [3.63, 3.8) is 0 Å². The van der Waals surface area contributed by atoms with Gasteiger partial charge in [0, 0.05) is 50.5 Å². The first kappa shape index (κ1) is 22.2.